The van der Waals surface area contributed by atoms with Gasteiger partial charge in [-0.2, -0.15) is 0 Å². The van der Waals surface area contributed by atoms with Gasteiger partial charge in [-0.1, -0.05) is 0 Å². The first-order valence-corrected chi connectivity index (χ1v) is 3.96. The molecule has 1 aliphatic rings. The molecule has 1 rings (SSSR count). The van der Waals surface area contributed by atoms with E-state index in [1.807, 2.05) is 0 Å². The Morgan fingerprint density at radius 3 is 2.83 bits per heavy atom. The van der Waals surface area contributed by atoms with Gasteiger partial charge in [0.25, 0.3) is 0 Å². The quantitative estimate of drug-likeness (QED) is 0.410. The number of ether oxygens (including phenoxy) is 1. The maximum absolute atomic E-state index is 11.1. The van der Waals surface area contributed by atoms with E-state index in [-0.39, 0.29) is 11.8 Å². The minimum atomic E-state index is -0.0511. The largest absolute Gasteiger partial charge is 0.382 e. The van der Waals surface area contributed by atoms with Gasteiger partial charge in [0.1, 0.15) is 0 Å². The standard InChI is InChI=1S/C7H14N2O3/c1-11-2-3-12-9-7(10)6-4-8-5-6/h6,8H,2-5H2,1H3,(H,9,10). The molecule has 5 heteroatoms. The second-order valence-electron chi connectivity index (χ2n) is 2.66. The lowest BCUT2D eigenvalue weighted by Gasteiger charge is -2.25. The number of carbonyl (C=O) groups is 1. The molecule has 1 amide bonds. The highest BCUT2D eigenvalue weighted by Crippen LogP contribution is 2.01. The van der Waals surface area contributed by atoms with Crippen LogP contribution in [0.3, 0.4) is 0 Å². The Labute approximate surface area is 71.4 Å². The Morgan fingerprint density at radius 2 is 2.33 bits per heavy atom. The molecule has 0 saturated carbocycles. The van der Waals surface area contributed by atoms with Gasteiger partial charge in [0.05, 0.1) is 19.1 Å². The summed E-state index contributed by atoms with van der Waals surface area (Å²) < 4.78 is 4.74. The zero-order chi connectivity index (χ0) is 8.81. The number of hydroxylamine groups is 1. The van der Waals surface area contributed by atoms with E-state index < -0.39 is 0 Å². The Kier molecular flexibility index (Phi) is 3.99. The van der Waals surface area contributed by atoms with Crippen LogP contribution in [0.4, 0.5) is 0 Å². The van der Waals surface area contributed by atoms with Crippen LogP contribution in [0.15, 0.2) is 0 Å². The SMILES string of the molecule is COCCONC(=O)C1CNC1. The fourth-order valence-electron chi connectivity index (χ4n) is 0.805. The van der Waals surface area contributed by atoms with Gasteiger partial charge in [0.15, 0.2) is 0 Å². The summed E-state index contributed by atoms with van der Waals surface area (Å²) in [4.78, 5) is 15.9. The Hall–Kier alpha value is -0.650. The van der Waals surface area contributed by atoms with E-state index in [0.717, 1.165) is 13.1 Å². The van der Waals surface area contributed by atoms with Crippen molar-refractivity contribution in [3.05, 3.63) is 0 Å². The molecule has 0 aromatic heterocycles. The van der Waals surface area contributed by atoms with Gasteiger partial charge in [-0.3, -0.25) is 9.63 Å². The summed E-state index contributed by atoms with van der Waals surface area (Å²) in [7, 11) is 1.58. The molecule has 12 heavy (non-hydrogen) atoms. The van der Waals surface area contributed by atoms with E-state index in [1.165, 1.54) is 0 Å². The van der Waals surface area contributed by atoms with Crippen molar-refractivity contribution in [2.75, 3.05) is 33.4 Å². The third-order valence-electron chi connectivity index (χ3n) is 1.71. The van der Waals surface area contributed by atoms with Crippen LogP contribution in [0.2, 0.25) is 0 Å². The van der Waals surface area contributed by atoms with Crippen LogP contribution in [0.1, 0.15) is 0 Å². The van der Waals surface area contributed by atoms with Crippen molar-refractivity contribution in [3.8, 4) is 0 Å². The number of rotatable bonds is 5. The van der Waals surface area contributed by atoms with Crippen LogP contribution in [-0.4, -0.2) is 39.3 Å². The summed E-state index contributed by atoms with van der Waals surface area (Å²) in [6, 6.07) is 0. The van der Waals surface area contributed by atoms with Crippen LogP contribution in [0.25, 0.3) is 0 Å². The number of nitrogens with one attached hydrogen (secondary N) is 2. The van der Waals surface area contributed by atoms with Gasteiger partial charge >= 0.3 is 0 Å². The topological polar surface area (TPSA) is 59.6 Å². The summed E-state index contributed by atoms with van der Waals surface area (Å²) in [5, 5.41) is 3.00. The molecule has 1 aliphatic heterocycles. The molecular weight excluding hydrogens is 160 g/mol. The molecular formula is C7H14N2O3. The highest BCUT2D eigenvalue weighted by molar-refractivity contribution is 5.78. The first-order chi connectivity index (χ1) is 5.84. The molecule has 2 N–H and O–H groups in total. The maximum atomic E-state index is 11.1. The second kappa shape index (κ2) is 5.08. The average molecular weight is 174 g/mol. The van der Waals surface area contributed by atoms with Gasteiger partial charge in [0.2, 0.25) is 5.91 Å². The minimum absolute atomic E-state index is 0.0511. The van der Waals surface area contributed by atoms with Crippen molar-refractivity contribution in [1.82, 2.24) is 10.8 Å². The van der Waals surface area contributed by atoms with Gasteiger partial charge < -0.3 is 10.1 Å². The third kappa shape index (κ3) is 2.77. The molecule has 0 aromatic carbocycles. The first-order valence-electron chi connectivity index (χ1n) is 3.96. The molecule has 0 radical (unpaired) electrons. The van der Waals surface area contributed by atoms with Gasteiger partial charge in [0, 0.05) is 20.2 Å². The summed E-state index contributed by atoms with van der Waals surface area (Å²) >= 11 is 0. The van der Waals surface area contributed by atoms with Crippen LogP contribution >= 0.6 is 0 Å². The zero-order valence-corrected chi connectivity index (χ0v) is 7.13. The fourth-order valence-corrected chi connectivity index (χ4v) is 0.805. The van der Waals surface area contributed by atoms with Crippen LogP contribution in [-0.2, 0) is 14.4 Å². The van der Waals surface area contributed by atoms with Crippen molar-refractivity contribution in [1.29, 1.82) is 0 Å². The summed E-state index contributed by atoms with van der Waals surface area (Å²) in [5.74, 6) is 0.0254. The lowest BCUT2D eigenvalue weighted by molar-refractivity contribution is -0.140. The third-order valence-corrected chi connectivity index (χ3v) is 1.71. The Morgan fingerprint density at radius 1 is 1.58 bits per heavy atom. The number of carbonyl (C=O) groups excluding carboxylic acids is 1. The summed E-state index contributed by atoms with van der Waals surface area (Å²) in [5.41, 5.74) is 2.36. The minimum Gasteiger partial charge on any atom is -0.382 e. The van der Waals surface area contributed by atoms with Gasteiger partial charge in [-0.05, 0) is 0 Å². The summed E-state index contributed by atoms with van der Waals surface area (Å²) in [6.45, 7) is 2.38. The van der Waals surface area contributed by atoms with Crippen LogP contribution in [0, 0.1) is 5.92 Å². The van der Waals surface area contributed by atoms with Gasteiger partial charge in [-0.15, -0.1) is 0 Å². The predicted octanol–water partition coefficient (Wildman–Crippen LogP) is -1.10. The second-order valence-corrected chi connectivity index (χ2v) is 2.66. The molecule has 1 saturated heterocycles. The normalized spacial score (nSPS) is 17.1. The lowest BCUT2D eigenvalue weighted by Crippen LogP contribution is -2.50. The van der Waals surface area contributed by atoms with E-state index in [4.69, 9.17) is 9.57 Å². The van der Waals surface area contributed by atoms with Crippen molar-refractivity contribution in [2.24, 2.45) is 5.92 Å². The van der Waals surface area contributed by atoms with Crippen LogP contribution in [0.5, 0.6) is 0 Å². The number of hydrogen-bond acceptors (Lipinski definition) is 4. The molecule has 0 unspecified atom stereocenters. The smallest absolute Gasteiger partial charge is 0.249 e. The fraction of sp³-hybridized carbons (Fsp3) is 0.857. The molecule has 0 bridgehead atoms. The Bertz CT molecular complexity index is 148. The number of hydrogen-bond donors (Lipinski definition) is 2. The van der Waals surface area contributed by atoms with Crippen molar-refractivity contribution < 1.29 is 14.4 Å². The maximum Gasteiger partial charge on any atom is 0.249 e. The van der Waals surface area contributed by atoms with E-state index in [0.29, 0.717) is 13.2 Å². The molecule has 0 aromatic rings. The first kappa shape index (κ1) is 9.44. The van der Waals surface area contributed by atoms with E-state index in [9.17, 15) is 4.79 Å². The summed E-state index contributed by atoms with van der Waals surface area (Å²) in [6.07, 6.45) is 0. The van der Waals surface area contributed by atoms with Crippen molar-refractivity contribution in [3.63, 3.8) is 0 Å². The highest BCUT2D eigenvalue weighted by atomic mass is 16.7. The lowest BCUT2D eigenvalue weighted by atomic mass is 10.0. The zero-order valence-electron chi connectivity index (χ0n) is 7.13. The van der Waals surface area contributed by atoms with E-state index in [1.54, 1.807) is 7.11 Å². The number of amides is 1. The molecule has 70 valence electrons. The van der Waals surface area contributed by atoms with Crippen LogP contribution < -0.4 is 10.8 Å². The van der Waals surface area contributed by atoms with Gasteiger partial charge in [-0.25, -0.2) is 5.48 Å². The van der Waals surface area contributed by atoms with Crippen molar-refractivity contribution in [2.45, 2.75) is 0 Å². The molecule has 0 aliphatic carbocycles. The van der Waals surface area contributed by atoms with E-state index >= 15 is 0 Å². The number of methoxy groups -OCH3 is 1. The molecule has 0 spiro atoms. The monoisotopic (exact) mass is 174 g/mol. The highest BCUT2D eigenvalue weighted by Gasteiger charge is 2.24. The molecule has 1 fully saturated rings. The average Bonchev–Trinajstić information content (AvgIpc) is 1.95. The predicted molar refractivity (Wildman–Crippen MR) is 42.3 cm³/mol. The molecule has 5 nitrogen and oxygen atoms in total. The van der Waals surface area contributed by atoms with E-state index in [2.05, 4.69) is 10.8 Å². The Balaban J connectivity index is 1.94. The molecule has 1 heterocycles. The van der Waals surface area contributed by atoms with Crippen molar-refractivity contribution >= 4 is 5.91 Å². The molecule has 0 atom stereocenters.